The Bertz CT molecular complexity index is 635. The van der Waals surface area contributed by atoms with E-state index >= 15 is 0 Å². The van der Waals surface area contributed by atoms with Gasteiger partial charge in [-0.05, 0) is 31.4 Å². The molecular weight excluding hydrogens is 300 g/mol. The number of ether oxygens (including phenoxy) is 1. The molecule has 4 rings (SSSR count). The molecule has 1 N–H and O–H groups in total. The molecule has 1 aromatic heterocycles. The summed E-state index contributed by atoms with van der Waals surface area (Å²) in [5.41, 5.74) is 2.55. The van der Waals surface area contributed by atoms with E-state index in [4.69, 9.17) is 4.74 Å². The summed E-state index contributed by atoms with van der Waals surface area (Å²) in [5.74, 6) is 0. The number of imidazole rings is 1. The number of piperidine rings is 1. The molecule has 2 saturated heterocycles. The predicted octanol–water partition coefficient (Wildman–Crippen LogP) is 2.67. The lowest BCUT2D eigenvalue weighted by Gasteiger charge is -2.38. The molecule has 2 fully saturated rings. The maximum Gasteiger partial charge on any atom is 0.0922 e. The van der Waals surface area contributed by atoms with Crippen molar-refractivity contribution < 1.29 is 4.74 Å². The van der Waals surface area contributed by atoms with Crippen LogP contribution >= 0.6 is 0 Å². The van der Waals surface area contributed by atoms with Crippen LogP contribution in [0.4, 0.5) is 5.69 Å². The number of likely N-dealkylation sites (tertiary alicyclic amines) is 1. The van der Waals surface area contributed by atoms with Crippen molar-refractivity contribution in [1.29, 1.82) is 0 Å². The van der Waals surface area contributed by atoms with Crippen LogP contribution < -0.4 is 4.90 Å². The molecule has 0 aliphatic carbocycles. The summed E-state index contributed by atoms with van der Waals surface area (Å²) >= 11 is 0. The third kappa shape index (κ3) is 3.19. The third-order valence-corrected chi connectivity index (χ3v) is 5.62. The van der Waals surface area contributed by atoms with Gasteiger partial charge in [-0.1, -0.05) is 18.2 Å². The minimum atomic E-state index is 0.0815. The highest BCUT2D eigenvalue weighted by Gasteiger charge is 2.43. The number of rotatable bonds is 4. The monoisotopic (exact) mass is 326 g/mol. The number of anilines is 1. The van der Waals surface area contributed by atoms with E-state index in [-0.39, 0.29) is 5.60 Å². The molecule has 2 aliphatic heterocycles. The highest BCUT2D eigenvalue weighted by Crippen LogP contribution is 2.38. The first-order chi connectivity index (χ1) is 11.7. The quantitative estimate of drug-likeness (QED) is 0.938. The Balaban J connectivity index is 1.33. The molecule has 0 bridgehead atoms. The molecule has 5 heteroatoms. The van der Waals surface area contributed by atoms with Gasteiger partial charge >= 0.3 is 0 Å². The topological polar surface area (TPSA) is 44.4 Å². The lowest BCUT2D eigenvalue weighted by molar-refractivity contribution is -0.0450. The maximum atomic E-state index is 6.33. The van der Waals surface area contributed by atoms with Crippen molar-refractivity contribution in [2.24, 2.45) is 0 Å². The van der Waals surface area contributed by atoms with Crippen LogP contribution in [0.2, 0.25) is 0 Å². The fraction of sp³-hybridized carbons (Fsp3) is 0.526. The third-order valence-electron chi connectivity index (χ3n) is 5.62. The van der Waals surface area contributed by atoms with E-state index in [9.17, 15) is 0 Å². The summed E-state index contributed by atoms with van der Waals surface area (Å²) in [5, 5.41) is 0. The summed E-state index contributed by atoms with van der Waals surface area (Å²) in [6, 6.07) is 11.1. The Morgan fingerprint density at radius 3 is 2.79 bits per heavy atom. The molecular formula is C19H26N4O. The minimum Gasteiger partial charge on any atom is -0.373 e. The first-order valence-electron chi connectivity index (χ1n) is 8.86. The number of H-pyrrole nitrogens is 1. The highest BCUT2D eigenvalue weighted by atomic mass is 16.5. The molecule has 2 aromatic rings. The van der Waals surface area contributed by atoms with E-state index in [1.54, 1.807) is 6.33 Å². The second kappa shape index (κ2) is 6.57. The van der Waals surface area contributed by atoms with E-state index < -0.39 is 0 Å². The van der Waals surface area contributed by atoms with Crippen LogP contribution in [0, 0.1) is 0 Å². The first kappa shape index (κ1) is 15.7. The number of aromatic nitrogens is 2. The van der Waals surface area contributed by atoms with Crippen LogP contribution in [0.15, 0.2) is 42.9 Å². The van der Waals surface area contributed by atoms with E-state index in [2.05, 4.69) is 57.1 Å². The van der Waals surface area contributed by atoms with Crippen molar-refractivity contribution in [1.82, 2.24) is 14.9 Å². The van der Waals surface area contributed by atoms with Gasteiger partial charge in [0.25, 0.3) is 0 Å². The zero-order valence-corrected chi connectivity index (χ0v) is 14.3. The number of likely N-dealkylation sites (N-methyl/N-ethyl adjacent to an activating group) is 1. The van der Waals surface area contributed by atoms with Gasteiger partial charge in [-0.15, -0.1) is 0 Å². The van der Waals surface area contributed by atoms with Crippen LogP contribution in [-0.2, 0) is 11.3 Å². The van der Waals surface area contributed by atoms with Crippen molar-refractivity contribution in [3.63, 3.8) is 0 Å². The Kier molecular flexibility index (Phi) is 4.29. The second-order valence-electron chi connectivity index (χ2n) is 7.15. The van der Waals surface area contributed by atoms with Crippen molar-refractivity contribution in [2.75, 3.05) is 31.6 Å². The average molecular weight is 326 g/mol. The summed E-state index contributed by atoms with van der Waals surface area (Å²) in [7, 11) is 2.19. The minimum absolute atomic E-state index is 0.0815. The SMILES string of the molecule is CN(c1ccccc1)C1COC2(CCN(Cc3cnc[nH]3)CC2)C1. The van der Waals surface area contributed by atoms with Gasteiger partial charge in [0.2, 0.25) is 0 Å². The fourth-order valence-electron chi connectivity index (χ4n) is 4.02. The van der Waals surface area contributed by atoms with E-state index in [1.807, 2.05) is 6.20 Å². The predicted molar refractivity (Wildman–Crippen MR) is 95.0 cm³/mol. The number of hydrogen-bond donors (Lipinski definition) is 1. The number of benzene rings is 1. The van der Waals surface area contributed by atoms with Gasteiger partial charge in [0, 0.05) is 44.3 Å². The standard InChI is InChI=1S/C19H26N4O/c1-22(17-5-3-2-4-6-17)18-11-19(24-14-18)7-9-23(10-8-19)13-16-12-20-15-21-16/h2-6,12,15,18H,7-11,13-14H2,1H3,(H,20,21). The van der Waals surface area contributed by atoms with Gasteiger partial charge in [-0.25, -0.2) is 4.98 Å². The lowest BCUT2D eigenvalue weighted by atomic mass is 9.87. The van der Waals surface area contributed by atoms with Crippen LogP contribution in [0.3, 0.4) is 0 Å². The van der Waals surface area contributed by atoms with E-state index in [1.165, 1.54) is 11.4 Å². The van der Waals surface area contributed by atoms with E-state index in [0.717, 1.165) is 45.5 Å². The molecule has 1 unspecified atom stereocenters. The number of nitrogens with one attached hydrogen (secondary N) is 1. The summed E-state index contributed by atoms with van der Waals surface area (Å²) < 4.78 is 6.33. The molecule has 24 heavy (non-hydrogen) atoms. The molecule has 2 aliphatic rings. The molecule has 0 radical (unpaired) electrons. The normalized spacial score (nSPS) is 23.6. The van der Waals surface area contributed by atoms with Gasteiger partial charge < -0.3 is 14.6 Å². The van der Waals surface area contributed by atoms with Gasteiger partial charge in [0.15, 0.2) is 0 Å². The van der Waals surface area contributed by atoms with Gasteiger partial charge in [0.05, 0.1) is 24.6 Å². The Morgan fingerprint density at radius 2 is 2.08 bits per heavy atom. The summed E-state index contributed by atoms with van der Waals surface area (Å²) in [6.07, 6.45) is 7.06. The first-order valence-corrected chi connectivity index (χ1v) is 8.86. The van der Waals surface area contributed by atoms with E-state index in [0.29, 0.717) is 6.04 Å². The second-order valence-corrected chi connectivity index (χ2v) is 7.15. The smallest absolute Gasteiger partial charge is 0.0922 e. The highest BCUT2D eigenvalue weighted by molar-refractivity contribution is 5.46. The van der Waals surface area contributed by atoms with Crippen molar-refractivity contribution in [2.45, 2.75) is 37.5 Å². The number of para-hydroxylation sites is 1. The van der Waals surface area contributed by atoms with Crippen molar-refractivity contribution in [3.05, 3.63) is 48.5 Å². The molecule has 0 saturated carbocycles. The number of hydrogen-bond acceptors (Lipinski definition) is 4. The van der Waals surface area contributed by atoms with Gasteiger partial charge in [-0.3, -0.25) is 4.90 Å². The zero-order chi connectivity index (χ0) is 16.4. The lowest BCUT2D eigenvalue weighted by Crippen LogP contribution is -2.44. The van der Waals surface area contributed by atoms with Crippen LogP contribution in [0.5, 0.6) is 0 Å². The summed E-state index contributed by atoms with van der Waals surface area (Å²) in [6.45, 7) is 4.00. The molecule has 5 nitrogen and oxygen atoms in total. The molecule has 1 aromatic carbocycles. The van der Waals surface area contributed by atoms with Crippen LogP contribution in [0.1, 0.15) is 25.0 Å². The maximum absolute atomic E-state index is 6.33. The Hall–Kier alpha value is -1.85. The zero-order valence-electron chi connectivity index (χ0n) is 14.3. The fourth-order valence-corrected chi connectivity index (χ4v) is 4.02. The van der Waals surface area contributed by atoms with Crippen LogP contribution in [-0.4, -0.2) is 53.3 Å². The summed E-state index contributed by atoms with van der Waals surface area (Å²) in [4.78, 5) is 12.2. The Morgan fingerprint density at radius 1 is 1.29 bits per heavy atom. The average Bonchev–Trinajstić information content (AvgIpc) is 3.28. The molecule has 128 valence electrons. The van der Waals surface area contributed by atoms with Gasteiger partial charge in [-0.2, -0.15) is 0 Å². The molecule has 1 spiro atoms. The van der Waals surface area contributed by atoms with Crippen molar-refractivity contribution in [3.8, 4) is 0 Å². The number of nitrogens with zero attached hydrogens (tertiary/aromatic N) is 3. The molecule has 0 amide bonds. The van der Waals surface area contributed by atoms with Crippen molar-refractivity contribution >= 4 is 5.69 Å². The molecule has 1 atom stereocenters. The molecule has 3 heterocycles. The van der Waals surface area contributed by atoms with Crippen LogP contribution in [0.25, 0.3) is 0 Å². The Labute approximate surface area is 143 Å². The van der Waals surface area contributed by atoms with Gasteiger partial charge in [0.1, 0.15) is 0 Å². The largest absolute Gasteiger partial charge is 0.373 e. The number of aromatic amines is 1.